The number of benzene rings is 2. The van der Waals surface area contributed by atoms with Crippen LogP contribution >= 0.6 is 0 Å². The quantitative estimate of drug-likeness (QED) is 0.819. The Balaban J connectivity index is 1.82. The number of para-hydroxylation sites is 1. The van der Waals surface area contributed by atoms with Gasteiger partial charge in [0.15, 0.2) is 0 Å². The maximum atomic E-state index is 11.9. The molecule has 0 saturated heterocycles. The highest BCUT2D eigenvalue weighted by atomic mass is 16.1. The topological polar surface area (TPSA) is 55.1 Å². The molecule has 3 heteroatoms. The standard InChI is InChI=1S/C17H20N2O/c1-13-6-2-3-7-14(13)10-11-19-17(20)12-15-8-4-5-9-16(15)18/h2-9H,10-12,18H2,1H3,(H,19,20). The lowest BCUT2D eigenvalue weighted by Gasteiger charge is -2.08. The number of carbonyl (C=O) groups is 1. The van der Waals surface area contributed by atoms with Gasteiger partial charge in [0.2, 0.25) is 5.91 Å². The molecule has 0 saturated carbocycles. The van der Waals surface area contributed by atoms with E-state index in [1.54, 1.807) is 0 Å². The molecule has 0 radical (unpaired) electrons. The number of rotatable bonds is 5. The van der Waals surface area contributed by atoms with Crippen molar-refractivity contribution in [1.29, 1.82) is 0 Å². The Morgan fingerprint density at radius 2 is 1.70 bits per heavy atom. The number of carbonyl (C=O) groups excluding carboxylic acids is 1. The predicted octanol–water partition coefficient (Wildman–Crippen LogP) is 2.48. The Morgan fingerprint density at radius 1 is 1.05 bits per heavy atom. The summed E-state index contributed by atoms with van der Waals surface area (Å²) in [7, 11) is 0. The maximum Gasteiger partial charge on any atom is 0.224 e. The van der Waals surface area contributed by atoms with Crippen molar-refractivity contribution < 1.29 is 4.79 Å². The summed E-state index contributed by atoms with van der Waals surface area (Å²) in [6.45, 7) is 2.73. The van der Waals surface area contributed by atoms with Gasteiger partial charge in [0.1, 0.15) is 0 Å². The molecule has 0 spiro atoms. The Bertz CT molecular complexity index is 593. The normalized spacial score (nSPS) is 10.2. The summed E-state index contributed by atoms with van der Waals surface area (Å²) in [5, 5.41) is 2.94. The van der Waals surface area contributed by atoms with E-state index in [0.29, 0.717) is 18.7 Å². The molecule has 0 aliphatic rings. The van der Waals surface area contributed by atoms with Crippen LogP contribution in [0.15, 0.2) is 48.5 Å². The van der Waals surface area contributed by atoms with Gasteiger partial charge in [-0.1, -0.05) is 42.5 Å². The van der Waals surface area contributed by atoms with Crippen molar-refractivity contribution in [2.45, 2.75) is 19.8 Å². The van der Waals surface area contributed by atoms with Gasteiger partial charge in [0, 0.05) is 12.2 Å². The Kier molecular flexibility index (Phi) is 4.77. The molecule has 0 aliphatic carbocycles. The van der Waals surface area contributed by atoms with Crippen LogP contribution in [0, 0.1) is 6.92 Å². The van der Waals surface area contributed by atoms with E-state index < -0.39 is 0 Å². The molecule has 3 N–H and O–H groups in total. The highest BCUT2D eigenvalue weighted by Gasteiger charge is 2.05. The monoisotopic (exact) mass is 268 g/mol. The van der Waals surface area contributed by atoms with Gasteiger partial charge in [-0.2, -0.15) is 0 Å². The van der Waals surface area contributed by atoms with Crippen molar-refractivity contribution >= 4 is 11.6 Å². The molecule has 0 unspecified atom stereocenters. The number of nitrogens with one attached hydrogen (secondary N) is 1. The lowest BCUT2D eigenvalue weighted by Crippen LogP contribution is -2.27. The first-order valence-corrected chi connectivity index (χ1v) is 6.81. The van der Waals surface area contributed by atoms with Crippen LogP contribution in [-0.4, -0.2) is 12.5 Å². The van der Waals surface area contributed by atoms with Crippen LogP contribution in [0.3, 0.4) is 0 Å². The average molecular weight is 268 g/mol. The summed E-state index contributed by atoms with van der Waals surface area (Å²) < 4.78 is 0. The van der Waals surface area contributed by atoms with E-state index in [2.05, 4.69) is 24.4 Å². The first-order valence-electron chi connectivity index (χ1n) is 6.81. The highest BCUT2D eigenvalue weighted by molar-refractivity contribution is 5.80. The number of nitrogens with two attached hydrogens (primary N) is 1. The molecule has 1 amide bonds. The van der Waals surface area contributed by atoms with E-state index in [1.807, 2.05) is 36.4 Å². The molecule has 0 aromatic heterocycles. The molecule has 0 aliphatic heterocycles. The number of anilines is 1. The van der Waals surface area contributed by atoms with Crippen LogP contribution in [-0.2, 0) is 17.6 Å². The summed E-state index contributed by atoms with van der Waals surface area (Å²) in [5.41, 5.74) is 9.90. The summed E-state index contributed by atoms with van der Waals surface area (Å²) in [6.07, 6.45) is 1.18. The molecule has 2 aromatic rings. The zero-order chi connectivity index (χ0) is 14.4. The zero-order valence-corrected chi connectivity index (χ0v) is 11.7. The summed E-state index contributed by atoms with van der Waals surface area (Å²) in [4.78, 5) is 11.9. The first-order chi connectivity index (χ1) is 9.66. The second-order valence-corrected chi connectivity index (χ2v) is 4.90. The van der Waals surface area contributed by atoms with E-state index in [-0.39, 0.29) is 5.91 Å². The maximum absolute atomic E-state index is 11.9. The molecule has 104 valence electrons. The van der Waals surface area contributed by atoms with Crippen LogP contribution < -0.4 is 11.1 Å². The van der Waals surface area contributed by atoms with Crippen LogP contribution in [0.2, 0.25) is 0 Å². The fourth-order valence-electron chi connectivity index (χ4n) is 2.16. The highest BCUT2D eigenvalue weighted by Crippen LogP contribution is 2.11. The molecular weight excluding hydrogens is 248 g/mol. The van der Waals surface area contributed by atoms with Gasteiger partial charge in [-0.05, 0) is 36.1 Å². The van der Waals surface area contributed by atoms with Crippen LogP contribution in [0.1, 0.15) is 16.7 Å². The molecule has 0 bridgehead atoms. The molecule has 3 nitrogen and oxygen atoms in total. The summed E-state index contributed by atoms with van der Waals surface area (Å²) in [5.74, 6) is 0.0106. The number of hydrogen-bond acceptors (Lipinski definition) is 2. The van der Waals surface area contributed by atoms with Crippen molar-refractivity contribution in [3.8, 4) is 0 Å². The summed E-state index contributed by atoms with van der Waals surface area (Å²) in [6, 6.07) is 15.7. The number of nitrogen functional groups attached to an aromatic ring is 1. The number of amides is 1. The van der Waals surface area contributed by atoms with Gasteiger partial charge >= 0.3 is 0 Å². The van der Waals surface area contributed by atoms with Crippen molar-refractivity contribution in [3.63, 3.8) is 0 Å². The van der Waals surface area contributed by atoms with E-state index in [4.69, 9.17) is 5.73 Å². The van der Waals surface area contributed by atoms with Gasteiger partial charge in [0.25, 0.3) is 0 Å². The third kappa shape index (κ3) is 3.85. The molecule has 0 fully saturated rings. The third-order valence-corrected chi connectivity index (χ3v) is 3.38. The van der Waals surface area contributed by atoms with E-state index in [0.717, 1.165) is 12.0 Å². The number of aryl methyl sites for hydroxylation is 1. The van der Waals surface area contributed by atoms with Gasteiger partial charge in [0.05, 0.1) is 6.42 Å². The molecule has 2 aromatic carbocycles. The van der Waals surface area contributed by atoms with E-state index in [1.165, 1.54) is 11.1 Å². The smallest absolute Gasteiger partial charge is 0.224 e. The second kappa shape index (κ2) is 6.75. The van der Waals surface area contributed by atoms with Crippen LogP contribution in [0.25, 0.3) is 0 Å². The first kappa shape index (κ1) is 14.1. The lowest BCUT2D eigenvalue weighted by atomic mass is 10.1. The Hall–Kier alpha value is -2.29. The zero-order valence-electron chi connectivity index (χ0n) is 11.7. The van der Waals surface area contributed by atoms with E-state index in [9.17, 15) is 4.79 Å². The van der Waals surface area contributed by atoms with Gasteiger partial charge in [-0.15, -0.1) is 0 Å². The predicted molar refractivity (Wildman–Crippen MR) is 82.5 cm³/mol. The molecule has 2 rings (SSSR count). The largest absolute Gasteiger partial charge is 0.398 e. The summed E-state index contributed by atoms with van der Waals surface area (Å²) >= 11 is 0. The molecule has 0 heterocycles. The number of hydrogen-bond donors (Lipinski definition) is 2. The van der Waals surface area contributed by atoms with Crippen LogP contribution in [0.5, 0.6) is 0 Å². The average Bonchev–Trinajstić information content (AvgIpc) is 2.43. The molecule has 0 atom stereocenters. The SMILES string of the molecule is Cc1ccccc1CCNC(=O)Cc1ccccc1N. The third-order valence-electron chi connectivity index (χ3n) is 3.38. The second-order valence-electron chi connectivity index (χ2n) is 4.90. The molecular formula is C17H20N2O. The minimum Gasteiger partial charge on any atom is -0.398 e. The Morgan fingerprint density at radius 3 is 2.40 bits per heavy atom. The minimum absolute atomic E-state index is 0.0106. The van der Waals surface area contributed by atoms with Crippen molar-refractivity contribution in [1.82, 2.24) is 5.32 Å². The fourth-order valence-corrected chi connectivity index (χ4v) is 2.16. The van der Waals surface area contributed by atoms with Crippen molar-refractivity contribution in [2.75, 3.05) is 12.3 Å². The minimum atomic E-state index is 0.0106. The van der Waals surface area contributed by atoms with E-state index >= 15 is 0 Å². The van der Waals surface area contributed by atoms with Crippen LogP contribution in [0.4, 0.5) is 5.69 Å². The fraction of sp³-hybridized carbons (Fsp3) is 0.235. The van der Waals surface area contributed by atoms with Gasteiger partial charge < -0.3 is 11.1 Å². The van der Waals surface area contributed by atoms with Crippen molar-refractivity contribution in [2.24, 2.45) is 0 Å². The van der Waals surface area contributed by atoms with Crippen molar-refractivity contribution in [3.05, 3.63) is 65.2 Å². The van der Waals surface area contributed by atoms with Gasteiger partial charge in [-0.25, -0.2) is 0 Å². The molecule has 20 heavy (non-hydrogen) atoms. The Labute approximate surface area is 119 Å². The van der Waals surface area contributed by atoms with Gasteiger partial charge in [-0.3, -0.25) is 4.79 Å². The lowest BCUT2D eigenvalue weighted by molar-refractivity contribution is -0.120.